The van der Waals surface area contributed by atoms with E-state index in [-0.39, 0.29) is 0 Å². The number of nitrogens with zero attached hydrogens (tertiary/aromatic N) is 3. The molecule has 19 heavy (non-hydrogen) atoms. The lowest BCUT2D eigenvalue weighted by atomic mass is 10.1. The highest BCUT2D eigenvalue weighted by atomic mass is 32.1. The number of hydrogen-bond acceptors (Lipinski definition) is 5. The highest BCUT2D eigenvalue weighted by molar-refractivity contribution is 7.09. The molecular weight excluding hydrogens is 260 g/mol. The van der Waals surface area contributed by atoms with Crippen LogP contribution in [-0.2, 0) is 24.4 Å². The third-order valence-corrected chi connectivity index (χ3v) is 4.24. The van der Waals surface area contributed by atoms with Gasteiger partial charge in [-0.05, 0) is 18.4 Å². The topological polar surface area (TPSA) is 52.0 Å². The summed E-state index contributed by atoms with van der Waals surface area (Å²) in [7, 11) is 0. The lowest BCUT2D eigenvalue weighted by molar-refractivity contribution is 0.0936. The fourth-order valence-corrected chi connectivity index (χ4v) is 2.98. The average Bonchev–Trinajstić information content (AvgIpc) is 2.97. The Morgan fingerprint density at radius 2 is 2.53 bits per heavy atom. The number of thiophene rings is 1. The second kappa shape index (κ2) is 5.81. The SMILES string of the molecule is Cc1nnn2c1COCC(CNCc1cccs1)C2. The summed E-state index contributed by atoms with van der Waals surface area (Å²) in [5.41, 5.74) is 2.09. The van der Waals surface area contributed by atoms with E-state index in [9.17, 15) is 0 Å². The number of rotatable bonds is 4. The molecule has 0 amide bonds. The molecule has 3 heterocycles. The van der Waals surface area contributed by atoms with Gasteiger partial charge in [0.25, 0.3) is 0 Å². The number of nitrogens with one attached hydrogen (secondary N) is 1. The van der Waals surface area contributed by atoms with Crippen LogP contribution in [0.5, 0.6) is 0 Å². The molecule has 1 unspecified atom stereocenters. The minimum atomic E-state index is 0.447. The predicted octanol–water partition coefficient (Wildman–Crippen LogP) is 1.58. The molecule has 0 aromatic carbocycles. The third kappa shape index (κ3) is 3.02. The van der Waals surface area contributed by atoms with E-state index in [1.54, 1.807) is 11.3 Å². The molecule has 0 aliphatic carbocycles. The first-order valence-corrected chi connectivity index (χ1v) is 7.40. The Balaban J connectivity index is 1.54. The standard InChI is InChI=1S/C13H18N4OS/c1-10-13-9-18-8-11(7-17(13)16-15-10)5-14-6-12-3-2-4-19-12/h2-4,11,14H,5-9H2,1H3. The maximum atomic E-state index is 5.72. The Morgan fingerprint density at radius 3 is 3.37 bits per heavy atom. The average molecular weight is 278 g/mol. The first kappa shape index (κ1) is 12.8. The summed E-state index contributed by atoms with van der Waals surface area (Å²) in [5, 5.41) is 13.9. The van der Waals surface area contributed by atoms with Gasteiger partial charge in [0.05, 0.1) is 24.6 Å². The van der Waals surface area contributed by atoms with E-state index in [1.165, 1.54) is 4.88 Å². The van der Waals surface area contributed by atoms with Crippen LogP contribution in [0.4, 0.5) is 0 Å². The second-order valence-corrected chi connectivity index (χ2v) is 5.93. The van der Waals surface area contributed by atoms with Gasteiger partial charge in [-0.3, -0.25) is 0 Å². The minimum absolute atomic E-state index is 0.447. The fraction of sp³-hybridized carbons (Fsp3) is 0.538. The first-order chi connectivity index (χ1) is 9.33. The predicted molar refractivity (Wildman–Crippen MR) is 73.9 cm³/mol. The second-order valence-electron chi connectivity index (χ2n) is 4.90. The van der Waals surface area contributed by atoms with Crippen molar-refractivity contribution in [3.05, 3.63) is 33.8 Å². The van der Waals surface area contributed by atoms with Crippen LogP contribution in [0, 0.1) is 12.8 Å². The number of fused-ring (bicyclic) bond motifs is 1. The van der Waals surface area contributed by atoms with Gasteiger partial charge in [0.15, 0.2) is 0 Å². The smallest absolute Gasteiger partial charge is 0.0904 e. The summed E-state index contributed by atoms with van der Waals surface area (Å²) in [5.74, 6) is 0.447. The zero-order valence-electron chi connectivity index (χ0n) is 11.0. The molecule has 5 nitrogen and oxygen atoms in total. The summed E-state index contributed by atoms with van der Waals surface area (Å²) >= 11 is 1.78. The molecule has 0 saturated carbocycles. The molecule has 1 atom stereocenters. The molecule has 3 rings (SSSR count). The van der Waals surface area contributed by atoms with Crippen molar-refractivity contribution in [1.29, 1.82) is 0 Å². The van der Waals surface area contributed by atoms with Gasteiger partial charge in [-0.1, -0.05) is 11.3 Å². The van der Waals surface area contributed by atoms with Crippen molar-refractivity contribution < 1.29 is 4.74 Å². The fourth-order valence-electron chi connectivity index (χ4n) is 2.30. The Morgan fingerprint density at radius 1 is 1.58 bits per heavy atom. The van der Waals surface area contributed by atoms with Gasteiger partial charge in [0, 0.05) is 30.4 Å². The normalized spacial score (nSPS) is 19.1. The summed E-state index contributed by atoms with van der Waals surface area (Å²) in [6.45, 7) is 6.14. The highest BCUT2D eigenvalue weighted by Crippen LogP contribution is 2.14. The summed E-state index contributed by atoms with van der Waals surface area (Å²) in [4.78, 5) is 1.37. The van der Waals surface area contributed by atoms with Crippen molar-refractivity contribution in [3.63, 3.8) is 0 Å². The minimum Gasteiger partial charge on any atom is -0.375 e. The van der Waals surface area contributed by atoms with Crippen LogP contribution in [0.15, 0.2) is 17.5 Å². The van der Waals surface area contributed by atoms with Crippen LogP contribution < -0.4 is 5.32 Å². The van der Waals surface area contributed by atoms with Crippen LogP contribution in [0.25, 0.3) is 0 Å². The van der Waals surface area contributed by atoms with Crippen molar-refractivity contribution in [3.8, 4) is 0 Å². The van der Waals surface area contributed by atoms with E-state index >= 15 is 0 Å². The first-order valence-electron chi connectivity index (χ1n) is 6.52. The van der Waals surface area contributed by atoms with Crippen LogP contribution in [0.1, 0.15) is 16.3 Å². The van der Waals surface area contributed by atoms with E-state index in [0.717, 1.165) is 37.6 Å². The molecule has 0 spiro atoms. The zero-order valence-corrected chi connectivity index (χ0v) is 11.8. The van der Waals surface area contributed by atoms with Gasteiger partial charge in [0.2, 0.25) is 0 Å². The monoisotopic (exact) mass is 278 g/mol. The van der Waals surface area contributed by atoms with Gasteiger partial charge >= 0.3 is 0 Å². The molecule has 2 aromatic heterocycles. The van der Waals surface area contributed by atoms with E-state index in [4.69, 9.17) is 4.74 Å². The van der Waals surface area contributed by atoms with Crippen LogP contribution >= 0.6 is 11.3 Å². The zero-order chi connectivity index (χ0) is 13.1. The molecule has 0 bridgehead atoms. The van der Waals surface area contributed by atoms with Crippen molar-refractivity contribution in [1.82, 2.24) is 20.3 Å². The molecule has 1 aliphatic heterocycles. The van der Waals surface area contributed by atoms with Crippen molar-refractivity contribution >= 4 is 11.3 Å². The van der Waals surface area contributed by atoms with Gasteiger partial charge in [-0.2, -0.15) is 0 Å². The molecule has 1 aliphatic rings. The number of aryl methyl sites for hydroxylation is 1. The van der Waals surface area contributed by atoms with Crippen LogP contribution in [0.3, 0.4) is 0 Å². The maximum absolute atomic E-state index is 5.72. The maximum Gasteiger partial charge on any atom is 0.0904 e. The third-order valence-electron chi connectivity index (χ3n) is 3.37. The molecule has 0 saturated heterocycles. The molecule has 1 N–H and O–H groups in total. The van der Waals surface area contributed by atoms with E-state index < -0.39 is 0 Å². The van der Waals surface area contributed by atoms with Crippen molar-refractivity contribution in [2.45, 2.75) is 26.6 Å². The van der Waals surface area contributed by atoms with E-state index in [2.05, 4.69) is 33.1 Å². The summed E-state index contributed by atoms with van der Waals surface area (Å²) in [6.07, 6.45) is 0. The number of ether oxygens (including phenoxy) is 1. The number of hydrogen-bond donors (Lipinski definition) is 1. The van der Waals surface area contributed by atoms with E-state index in [0.29, 0.717) is 12.5 Å². The Labute approximate surface area is 116 Å². The van der Waals surface area contributed by atoms with Crippen LogP contribution in [0.2, 0.25) is 0 Å². The number of aromatic nitrogens is 3. The van der Waals surface area contributed by atoms with Gasteiger partial charge in [0.1, 0.15) is 0 Å². The lowest BCUT2D eigenvalue weighted by Crippen LogP contribution is -2.28. The quantitative estimate of drug-likeness (QED) is 0.922. The van der Waals surface area contributed by atoms with Crippen molar-refractivity contribution in [2.24, 2.45) is 5.92 Å². The van der Waals surface area contributed by atoms with Crippen molar-refractivity contribution in [2.75, 3.05) is 13.2 Å². The van der Waals surface area contributed by atoms with Gasteiger partial charge in [-0.25, -0.2) is 4.68 Å². The van der Waals surface area contributed by atoms with Gasteiger partial charge < -0.3 is 10.1 Å². The van der Waals surface area contributed by atoms with E-state index in [1.807, 2.05) is 11.6 Å². The largest absolute Gasteiger partial charge is 0.375 e. The Kier molecular flexibility index (Phi) is 3.91. The molecule has 2 aromatic rings. The molecule has 0 fully saturated rings. The Bertz CT molecular complexity index is 523. The van der Waals surface area contributed by atoms with Crippen LogP contribution in [-0.4, -0.2) is 28.1 Å². The summed E-state index contributed by atoms with van der Waals surface area (Å²) in [6, 6.07) is 4.24. The molecule has 6 heteroatoms. The molecule has 0 radical (unpaired) electrons. The Hall–Kier alpha value is -1.24. The summed E-state index contributed by atoms with van der Waals surface area (Å²) < 4.78 is 7.71. The lowest BCUT2D eigenvalue weighted by Gasteiger charge is -2.14. The molecule has 102 valence electrons. The van der Waals surface area contributed by atoms with Gasteiger partial charge in [-0.15, -0.1) is 16.4 Å². The highest BCUT2D eigenvalue weighted by Gasteiger charge is 2.19. The molecular formula is C13H18N4OS.